The van der Waals surface area contributed by atoms with E-state index < -0.39 is 0 Å². The summed E-state index contributed by atoms with van der Waals surface area (Å²) in [5.41, 5.74) is 0. The molecule has 6 heavy (non-hydrogen) atoms. The number of hydrogen-bond donors (Lipinski definition) is 0. The van der Waals surface area contributed by atoms with Crippen LogP contribution in [0.2, 0.25) is 0 Å². The highest BCUT2D eigenvalue weighted by Gasteiger charge is 1.81. The molecule has 0 saturated carbocycles. The summed E-state index contributed by atoms with van der Waals surface area (Å²) >= 11 is 10.0. The van der Waals surface area contributed by atoms with Crippen molar-refractivity contribution >= 4 is 23.2 Å². The van der Waals surface area contributed by atoms with Gasteiger partial charge >= 0.3 is 0 Å². The Kier molecular flexibility index (Phi) is 3.58. The highest BCUT2D eigenvalue weighted by Crippen LogP contribution is 2.01. The van der Waals surface area contributed by atoms with Crippen LogP contribution in [0.3, 0.4) is 0 Å². The van der Waals surface area contributed by atoms with Gasteiger partial charge in [-0.15, -0.1) is 11.6 Å². The Morgan fingerprint density at radius 2 is 2.33 bits per heavy atom. The lowest BCUT2D eigenvalue weighted by molar-refractivity contribution is 0.717. The van der Waals surface area contributed by atoms with Gasteiger partial charge in [0.1, 0.15) is 6.33 Å². The first-order chi connectivity index (χ1) is 2.81. The third-order valence-corrected chi connectivity index (χ3v) is 0.887. The van der Waals surface area contributed by atoms with E-state index in [0.29, 0.717) is 0 Å². The summed E-state index contributed by atoms with van der Waals surface area (Å²) in [7, 11) is 0. The van der Waals surface area contributed by atoms with Crippen LogP contribution >= 0.6 is 23.2 Å². The van der Waals surface area contributed by atoms with Crippen molar-refractivity contribution in [1.82, 2.24) is 0 Å². The van der Waals surface area contributed by atoms with Gasteiger partial charge in [0.25, 0.3) is 0 Å². The highest BCUT2D eigenvalue weighted by molar-refractivity contribution is 6.35. The molecule has 0 atom stereocenters. The fourth-order valence-corrected chi connectivity index (χ4v) is 0.0875. The summed E-state index contributed by atoms with van der Waals surface area (Å²) in [6.45, 7) is 0. The molecule has 0 N–H and O–H groups in total. The van der Waals surface area contributed by atoms with Crippen LogP contribution in [0, 0.1) is 0 Å². The Morgan fingerprint density at radius 1 is 1.83 bits per heavy atom. The van der Waals surface area contributed by atoms with Crippen LogP contribution in [0.15, 0.2) is 11.4 Å². The Morgan fingerprint density at radius 3 is 2.33 bits per heavy atom. The second-order valence-corrected chi connectivity index (χ2v) is 1.44. The monoisotopic (exact) mass is 128 g/mol. The molecule has 0 aliphatic rings. The van der Waals surface area contributed by atoms with Crippen molar-refractivity contribution in [3.63, 3.8) is 0 Å². The fraction of sp³-hybridized carbons (Fsp3) is 0.333. The predicted octanol–water partition coefficient (Wildman–Crippen LogP) is 2.27. The van der Waals surface area contributed by atoms with Crippen molar-refractivity contribution < 1.29 is 4.39 Å². The minimum atomic E-state index is 0.0386. The minimum absolute atomic E-state index is 0.0386. The quantitative estimate of drug-likeness (QED) is 0.476. The molecule has 3 heteroatoms. The number of hydrogen-bond acceptors (Lipinski definition) is 0. The van der Waals surface area contributed by atoms with Crippen molar-refractivity contribution in [1.29, 1.82) is 0 Å². The molecule has 0 aromatic heterocycles. The smallest absolute Gasteiger partial charge is 0.102 e. The standard InChI is InChI=1S/C3H3Cl2F/c4-1-3(5)2-6/h2H,1H2/b3-2-. The van der Waals surface area contributed by atoms with Crippen molar-refractivity contribution in [3.05, 3.63) is 11.4 Å². The summed E-state index contributed by atoms with van der Waals surface area (Å²) in [5.74, 6) is 0.0536. The van der Waals surface area contributed by atoms with E-state index in [1.54, 1.807) is 0 Å². The molecule has 0 aromatic carbocycles. The zero-order valence-electron chi connectivity index (χ0n) is 2.92. The zero-order valence-corrected chi connectivity index (χ0v) is 4.43. The average Bonchev–Trinajstić information content (AvgIpc) is 1.65. The Hall–Kier alpha value is 0.250. The third-order valence-electron chi connectivity index (χ3n) is 0.246. The molecule has 0 aliphatic carbocycles. The van der Waals surface area contributed by atoms with Gasteiger partial charge in [-0.25, -0.2) is 4.39 Å². The van der Waals surface area contributed by atoms with Gasteiger partial charge in [0, 0.05) is 0 Å². The Balaban J connectivity index is 3.22. The average molecular weight is 129 g/mol. The second-order valence-electron chi connectivity index (χ2n) is 0.690. The van der Waals surface area contributed by atoms with E-state index in [1.807, 2.05) is 0 Å². The minimum Gasteiger partial charge on any atom is -0.214 e. The normalized spacial score (nSPS) is 12.2. The van der Waals surface area contributed by atoms with Crippen LogP contribution < -0.4 is 0 Å². The van der Waals surface area contributed by atoms with Gasteiger partial charge in [-0.2, -0.15) is 0 Å². The molecule has 0 saturated heterocycles. The summed E-state index contributed by atoms with van der Waals surface area (Å²) in [6, 6.07) is 0. The van der Waals surface area contributed by atoms with E-state index in [1.165, 1.54) is 0 Å². The van der Waals surface area contributed by atoms with Gasteiger partial charge in [-0.3, -0.25) is 0 Å². The number of alkyl halides is 1. The lowest BCUT2D eigenvalue weighted by Crippen LogP contribution is -1.64. The van der Waals surface area contributed by atoms with Crippen molar-refractivity contribution in [2.24, 2.45) is 0 Å². The third kappa shape index (κ3) is 2.49. The summed E-state index contributed by atoms with van der Waals surface area (Å²) in [5, 5.41) is 0.0386. The van der Waals surface area contributed by atoms with Crippen LogP contribution in [0.25, 0.3) is 0 Å². The lowest BCUT2D eigenvalue weighted by Gasteiger charge is -1.76. The Labute approximate surface area is 45.6 Å². The molecule has 0 rings (SSSR count). The maximum Gasteiger partial charge on any atom is 0.102 e. The van der Waals surface area contributed by atoms with Crippen molar-refractivity contribution in [2.45, 2.75) is 0 Å². The van der Waals surface area contributed by atoms with Gasteiger partial charge in [-0.05, 0) is 0 Å². The van der Waals surface area contributed by atoms with Gasteiger partial charge < -0.3 is 0 Å². The SMILES string of the molecule is F/C=C(\Cl)CCl. The van der Waals surface area contributed by atoms with Gasteiger partial charge in [0.05, 0.1) is 10.9 Å². The van der Waals surface area contributed by atoms with E-state index >= 15 is 0 Å². The molecule has 0 fully saturated rings. The van der Waals surface area contributed by atoms with Gasteiger partial charge in [0.15, 0.2) is 0 Å². The van der Waals surface area contributed by atoms with Gasteiger partial charge in [0.2, 0.25) is 0 Å². The molecule has 0 amide bonds. The molecule has 0 radical (unpaired) electrons. The fourth-order valence-electron chi connectivity index (χ4n) is 0.0292. The van der Waals surface area contributed by atoms with E-state index in [9.17, 15) is 4.39 Å². The first kappa shape index (κ1) is 6.25. The van der Waals surface area contributed by atoms with Crippen molar-refractivity contribution in [3.8, 4) is 0 Å². The molecule has 0 unspecified atom stereocenters. The molecule has 0 nitrogen and oxygen atoms in total. The molecular weight excluding hydrogens is 126 g/mol. The van der Waals surface area contributed by atoms with Crippen LogP contribution in [0.4, 0.5) is 4.39 Å². The molecule has 0 bridgehead atoms. The molecule has 36 valence electrons. The van der Waals surface area contributed by atoms with E-state index in [4.69, 9.17) is 23.2 Å². The summed E-state index contributed by atoms with van der Waals surface area (Å²) in [4.78, 5) is 0. The second kappa shape index (κ2) is 3.44. The van der Waals surface area contributed by atoms with Gasteiger partial charge in [-0.1, -0.05) is 11.6 Å². The van der Waals surface area contributed by atoms with Crippen LogP contribution in [0.1, 0.15) is 0 Å². The number of allylic oxidation sites excluding steroid dienone is 1. The lowest BCUT2D eigenvalue weighted by atomic mass is 10.7. The highest BCUT2D eigenvalue weighted by atomic mass is 35.5. The first-order valence-electron chi connectivity index (χ1n) is 1.32. The van der Waals surface area contributed by atoms with Crippen LogP contribution in [0.5, 0.6) is 0 Å². The maximum atomic E-state index is 11.0. The summed E-state index contributed by atoms with van der Waals surface area (Å²) < 4.78 is 11.0. The molecular formula is C3H3Cl2F. The van der Waals surface area contributed by atoms with Crippen LogP contribution in [-0.2, 0) is 0 Å². The number of rotatable bonds is 1. The number of halogens is 3. The molecule has 0 aliphatic heterocycles. The predicted molar refractivity (Wildman–Crippen MR) is 25.8 cm³/mol. The zero-order chi connectivity index (χ0) is 4.99. The first-order valence-corrected chi connectivity index (χ1v) is 2.23. The summed E-state index contributed by atoms with van der Waals surface area (Å²) in [6.07, 6.45) is 0.272. The maximum absolute atomic E-state index is 11.0. The van der Waals surface area contributed by atoms with E-state index in [2.05, 4.69) is 0 Å². The van der Waals surface area contributed by atoms with E-state index in [-0.39, 0.29) is 17.2 Å². The Bertz CT molecular complexity index is 59.8. The van der Waals surface area contributed by atoms with Crippen LogP contribution in [-0.4, -0.2) is 5.88 Å². The molecule has 0 spiro atoms. The van der Waals surface area contributed by atoms with Crippen molar-refractivity contribution in [2.75, 3.05) is 5.88 Å². The van der Waals surface area contributed by atoms with E-state index in [0.717, 1.165) is 0 Å². The topological polar surface area (TPSA) is 0 Å². The molecule has 0 heterocycles. The molecule has 0 aromatic rings. The largest absolute Gasteiger partial charge is 0.214 e.